The third kappa shape index (κ3) is 7.28. The highest BCUT2D eigenvalue weighted by atomic mass is 15.1. The quantitative estimate of drug-likeness (QED) is 0.137. The molecule has 0 amide bonds. The molecule has 0 bridgehead atoms. The van der Waals surface area contributed by atoms with Gasteiger partial charge in [0.1, 0.15) is 11.3 Å². The van der Waals surface area contributed by atoms with Crippen LogP contribution in [-0.2, 0) is 0 Å². The number of hydrogen-bond acceptors (Lipinski definition) is 6. The van der Waals surface area contributed by atoms with E-state index in [1.165, 1.54) is 0 Å². The van der Waals surface area contributed by atoms with Gasteiger partial charge in [-0.3, -0.25) is 0 Å². The molecule has 8 nitrogen and oxygen atoms in total. The average Bonchev–Trinajstić information content (AvgIpc) is 4.03. The number of pyridine rings is 2. The van der Waals surface area contributed by atoms with Crippen LogP contribution in [0, 0.1) is 0 Å². The van der Waals surface area contributed by atoms with Crippen LogP contribution >= 0.6 is 0 Å². The third-order valence-corrected chi connectivity index (χ3v) is 12.0. The Morgan fingerprint density at radius 3 is 0.955 bits per heavy atom. The lowest BCUT2D eigenvalue weighted by atomic mass is 10.0. The SMILES string of the molecule is c1ccc(N(c2ccc(-c3cn4ccccc4n3)cc2)c2ccc(-c3nc4ccccc4nc3-c3ccc(N(c4ccccc4)c4ccc(-c5cn6ccccc6n5)cc4)cc3)cc2)cc1. The molecule has 12 rings (SSSR count). The van der Waals surface area contributed by atoms with Crippen molar-refractivity contribution in [2.45, 2.75) is 0 Å². The second kappa shape index (κ2) is 16.5. The molecule has 66 heavy (non-hydrogen) atoms. The fraction of sp³-hybridized carbons (Fsp3) is 0. The fourth-order valence-corrected chi connectivity index (χ4v) is 8.70. The smallest absolute Gasteiger partial charge is 0.137 e. The van der Waals surface area contributed by atoms with Crippen molar-refractivity contribution in [1.29, 1.82) is 0 Å². The lowest BCUT2D eigenvalue weighted by Gasteiger charge is -2.26. The fourth-order valence-electron chi connectivity index (χ4n) is 8.70. The Bertz CT molecular complexity index is 3310. The van der Waals surface area contributed by atoms with Crippen LogP contribution in [-0.4, -0.2) is 28.7 Å². The van der Waals surface area contributed by atoms with Crippen LogP contribution in [0.4, 0.5) is 34.1 Å². The summed E-state index contributed by atoms with van der Waals surface area (Å²) in [5, 5.41) is 0. The molecule has 0 spiro atoms. The van der Waals surface area contributed by atoms with E-state index in [4.69, 9.17) is 19.9 Å². The van der Waals surface area contributed by atoms with E-state index in [0.717, 1.165) is 101 Å². The summed E-state index contributed by atoms with van der Waals surface area (Å²) in [4.78, 5) is 24.8. The summed E-state index contributed by atoms with van der Waals surface area (Å²) < 4.78 is 4.10. The van der Waals surface area contributed by atoms with Crippen LogP contribution < -0.4 is 9.80 Å². The Morgan fingerprint density at radius 2 is 0.591 bits per heavy atom. The molecule has 5 aromatic heterocycles. The molecular weight excluding hydrogens is 809 g/mol. The van der Waals surface area contributed by atoms with Crippen LogP contribution in [0.5, 0.6) is 0 Å². The molecule has 0 saturated carbocycles. The molecular formula is C58H40N8. The van der Waals surface area contributed by atoms with Gasteiger partial charge in [0.05, 0.1) is 33.8 Å². The Hall–Kier alpha value is -9.14. The maximum atomic E-state index is 5.27. The summed E-state index contributed by atoms with van der Waals surface area (Å²) >= 11 is 0. The molecule has 0 radical (unpaired) electrons. The number of anilines is 6. The molecule has 312 valence electrons. The Labute approximate surface area is 381 Å². The molecule has 7 aromatic carbocycles. The zero-order valence-corrected chi connectivity index (χ0v) is 35.7. The lowest BCUT2D eigenvalue weighted by molar-refractivity contribution is 1.19. The maximum Gasteiger partial charge on any atom is 0.137 e. The topological polar surface area (TPSA) is 66.9 Å². The lowest BCUT2D eigenvalue weighted by Crippen LogP contribution is -2.10. The first-order valence-electron chi connectivity index (χ1n) is 21.9. The Kier molecular flexibility index (Phi) is 9.65. The number of rotatable bonds is 10. The minimum absolute atomic E-state index is 0.818. The summed E-state index contributed by atoms with van der Waals surface area (Å²) in [6.45, 7) is 0. The van der Waals surface area contributed by atoms with Gasteiger partial charge in [-0.1, -0.05) is 109 Å². The molecule has 0 atom stereocenters. The van der Waals surface area contributed by atoms with E-state index < -0.39 is 0 Å². The molecule has 0 fully saturated rings. The highest BCUT2D eigenvalue weighted by Crippen LogP contribution is 2.40. The first-order chi connectivity index (χ1) is 32.7. The monoisotopic (exact) mass is 848 g/mol. The summed E-state index contributed by atoms with van der Waals surface area (Å²) in [5.41, 5.74) is 17.4. The van der Waals surface area contributed by atoms with Gasteiger partial charge in [-0.15, -0.1) is 0 Å². The normalized spacial score (nSPS) is 11.3. The summed E-state index contributed by atoms with van der Waals surface area (Å²) in [6.07, 6.45) is 8.19. The predicted octanol–water partition coefficient (Wildman–Crippen LogP) is 14.5. The standard InChI is InChI=1S/C58H40N8/c1-3-13-45(14-4-1)65(47-29-21-41(22-30-47)53-39-63-37-11-9-19-55(63)59-53)49-33-25-43(26-34-49)57-58(62-52-18-8-7-17-51(52)61-57)44-27-35-50(36-28-44)66(46-15-5-2-6-16-46)48-31-23-42(24-32-48)54-40-64-38-12-10-20-56(64)60-54/h1-40H. The molecule has 5 heterocycles. The minimum atomic E-state index is 0.818. The summed E-state index contributed by atoms with van der Waals surface area (Å²) in [5.74, 6) is 0. The predicted molar refractivity (Wildman–Crippen MR) is 268 cm³/mol. The van der Waals surface area contributed by atoms with Crippen molar-refractivity contribution in [3.8, 4) is 45.0 Å². The molecule has 0 aliphatic rings. The first kappa shape index (κ1) is 38.5. The van der Waals surface area contributed by atoms with Crippen LogP contribution in [0.3, 0.4) is 0 Å². The average molecular weight is 849 g/mol. The van der Waals surface area contributed by atoms with E-state index in [2.05, 4.69) is 168 Å². The molecule has 0 aliphatic heterocycles. The Morgan fingerprint density at radius 1 is 0.273 bits per heavy atom. The van der Waals surface area contributed by atoms with E-state index >= 15 is 0 Å². The third-order valence-electron chi connectivity index (χ3n) is 12.0. The molecule has 0 aliphatic carbocycles. The van der Waals surface area contributed by atoms with Crippen LogP contribution in [0.25, 0.3) is 67.4 Å². The Balaban J connectivity index is 0.882. The maximum absolute atomic E-state index is 5.27. The number of imidazole rings is 2. The van der Waals surface area contributed by atoms with E-state index in [1.54, 1.807) is 0 Å². The highest BCUT2D eigenvalue weighted by molar-refractivity contribution is 5.88. The van der Waals surface area contributed by atoms with Gasteiger partial charge in [-0.2, -0.15) is 0 Å². The summed E-state index contributed by atoms with van der Waals surface area (Å²) in [7, 11) is 0. The minimum Gasteiger partial charge on any atom is -0.311 e. The van der Waals surface area contributed by atoms with E-state index in [1.807, 2.05) is 94.0 Å². The van der Waals surface area contributed by atoms with Crippen LogP contribution in [0.15, 0.2) is 243 Å². The van der Waals surface area contributed by atoms with Gasteiger partial charge in [0.2, 0.25) is 0 Å². The molecule has 0 saturated heterocycles. The van der Waals surface area contributed by atoms with Gasteiger partial charge in [-0.05, 0) is 109 Å². The number of fused-ring (bicyclic) bond motifs is 3. The van der Waals surface area contributed by atoms with Crippen molar-refractivity contribution in [1.82, 2.24) is 28.7 Å². The summed E-state index contributed by atoms with van der Waals surface area (Å²) in [6, 6.07) is 75.6. The van der Waals surface area contributed by atoms with Gasteiger partial charge < -0.3 is 18.6 Å². The molecule has 0 N–H and O–H groups in total. The van der Waals surface area contributed by atoms with Gasteiger partial charge >= 0.3 is 0 Å². The zero-order valence-electron chi connectivity index (χ0n) is 35.7. The number of nitrogens with zero attached hydrogens (tertiary/aromatic N) is 8. The number of aromatic nitrogens is 6. The largest absolute Gasteiger partial charge is 0.311 e. The second-order valence-electron chi connectivity index (χ2n) is 16.1. The number of hydrogen-bond donors (Lipinski definition) is 0. The van der Waals surface area contributed by atoms with E-state index in [0.29, 0.717) is 0 Å². The van der Waals surface area contributed by atoms with Crippen LogP contribution in [0.1, 0.15) is 0 Å². The van der Waals surface area contributed by atoms with Crippen molar-refractivity contribution in [2.24, 2.45) is 0 Å². The number of benzene rings is 7. The van der Waals surface area contributed by atoms with Gasteiger partial charge in [0.15, 0.2) is 0 Å². The van der Waals surface area contributed by atoms with E-state index in [-0.39, 0.29) is 0 Å². The van der Waals surface area contributed by atoms with Crippen molar-refractivity contribution < 1.29 is 0 Å². The van der Waals surface area contributed by atoms with Crippen molar-refractivity contribution in [3.63, 3.8) is 0 Å². The van der Waals surface area contributed by atoms with Crippen LogP contribution in [0.2, 0.25) is 0 Å². The van der Waals surface area contributed by atoms with Crippen molar-refractivity contribution >= 4 is 56.5 Å². The van der Waals surface area contributed by atoms with Gasteiger partial charge in [-0.25, -0.2) is 19.9 Å². The van der Waals surface area contributed by atoms with E-state index in [9.17, 15) is 0 Å². The molecule has 8 heteroatoms. The zero-order chi connectivity index (χ0) is 43.8. The first-order valence-corrected chi connectivity index (χ1v) is 21.9. The van der Waals surface area contributed by atoms with Crippen molar-refractivity contribution in [2.75, 3.05) is 9.80 Å². The number of para-hydroxylation sites is 4. The van der Waals surface area contributed by atoms with Gasteiger partial charge in [0, 0.05) is 81.2 Å². The highest BCUT2D eigenvalue weighted by Gasteiger charge is 2.19. The second-order valence-corrected chi connectivity index (χ2v) is 16.1. The van der Waals surface area contributed by atoms with Gasteiger partial charge in [0.25, 0.3) is 0 Å². The molecule has 12 aromatic rings. The van der Waals surface area contributed by atoms with Crippen molar-refractivity contribution in [3.05, 3.63) is 243 Å². The molecule has 0 unspecified atom stereocenters.